The number of phenolic OH excluding ortho intramolecular Hbond substituents is 1. The van der Waals surface area contributed by atoms with E-state index in [1.807, 2.05) is 42.6 Å². The van der Waals surface area contributed by atoms with E-state index in [0.29, 0.717) is 42.0 Å². The molecule has 3 aromatic rings. The molecule has 0 saturated carbocycles. The van der Waals surface area contributed by atoms with Crippen LogP contribution in [0.1, 0.15) is 6.42 Å². The van der Waals surface area contributed by atoms with Gasteiger partial charge in [0.15, 0.2) is 17.3 Å². The third-order valence-electron chi connectivity index (χ3n) is 4.17. The van der Waals surface area contributed by atoms with Gasteiger partial charge in [0.25, 0.3) is 0 Å². The van der Waals surface area contributed by atoms with E-state index in [4.69, 9.17) is 4.74 Å². The number of aliphatic imine (C=N–C) groups is 1. The summed E-state index contributed by atoms with van der Waals surface area (Å²) in [4.78, 5) is 17.6. The van der Waals surface area contributed by atoms with E-state index in [1.54, 1.807) is 12.1 Å². The van der Waals surface area contributed by atoms with Gasteiger partial charge in [-0.2, -0.15) is 0 Å². The fourth-order valence-electron chi connectivity index (χ4n) is 2.85. The maximum absolute atomic E-state index is 10.7. The van der Waals surface area contributed by atoms with Gasteiger partial charge in [0, 0.05) is 12.6 Å². The fourth-order valence-corrected chi connectivity index (χ4v) is 2.85. The minimum absolute atomic E-state index is 0.00757. The van der Waals surface area contributed by atoms with Crippen molar-refractivity contribution < 1.29 is 9.84 Å². The van der Waals surface area contributed by atoms with E-state index >= 15 is 0 Å². The number of aromatic nitrogens is 2. The topological polar surface area (TPSA) is 80.0 Å². The number of hydrogen-bond acceptors (Lipinski definition) is 6. The lowest BCUT2D eigenvalue weighted by Gasteiger charge is -2.09. The van der Waals surface area contributed by atoms with Gasteiger partial charge in [-0.05, 0) is 29.5 Å². The Kier molecular flexibility index (Phi) is 4.87. The number of phenols is 1. The molecule has 4 rings (SSSR count). The van der Waals surface area contributed by atoms with Crippen molar-refractivity contribution in [2.45, 2.75) is 6.42 Å². The minimum Gasteiger partial charge on any atom is -0.504 e. The molecule has 0 saturated heterocycles. The molecule has 0 aliphatic carbocycles. The summed E-state index contributed by atoms with van der Waals surface area (Å²) in [6, 6.07) is 11.3. The molecule has 0 radical (unpaired) electrons. The second kappa shape index (κ2) is 7.78. The van der Waals surface area contributed by atoms with E-state index in [2.05, 4.69) is 26.0 Å². The summed E-state index contributed by atoms with van der Waals surface area (Å²) in [5.41, 5.74) is 0.610. The first-order valence-corrected chi connectivity index (χ1v) is 8.69. The van der Waals surface area contributed by atoms with Gasteiger partial charge in [0.05, 0.1) is 22.8 Å². The van der Waals surface area contributed by atoms with Crippen LogP contribution in [0, 0.1) is 0 Å². The van der Waals surface area contributed by atoms with Crippen LogP contribution in [0.25, 0.3) is 17.0 Å². The van der Waals surface area contributed by atoms with Crippen LogP contribution in [-0.2, 0) is 0 Å². The van der Waals surface area contributed by atoms with E-state index in [1.165, 1.54) is 6.33 Å². The standard InChI is InChI=1S/C21H18N4O2/c26-20-18-10-9-17-19(20)21(24-14-23-17)25-16-8-2-1-6-15(16)7-5-12-22-11-3-4-13-27-18/h1-4,6-10,12,14,26H,5,11,13H2. The number of ether oxygens (including phenoxy) is 1. The first-order chi connectivity index (χ1) is 13.3. The SMILES string of the molecule is Oc1c2ccc3ncnc(c13)N=c1ccccc1=CCC=NCC=CCO2. The highest BCUT2D eigenvalue weighted by molar-refractivity contribution is 5.94. The monoisotopic (exact) mass is 358 g/mol. The lowest BCUT2D eigenvalue weighted by molar-refractivity contribution is 0.338. The smallest absolute Gasteiger partial charge is 0.171 e. The van der Waals surface area contributed by atoms with Gasteiger partial charge in [-0.25, -0.2) is 15.0 Å². The molecule has 2 aromatic carbocycles. The zero-order valence-corrected chi connectivity index (χ0v) is 14.6. The molecule has 0 spiro atoms. The van der Waals surface area contributed by atoms with Crippen LogP contribution >= 0.6 is 0 Å². The molecule has 6 heteroatoms. The third-order valence-corrected chi connectivity index (χ3v) is 4.17. The van der Waals surface area contributed by atoms with Crippen LogP contribution < -0.4 is 15.3 Å². The molecule has 0 fully saturated rings. The number of nitrogens with zero attached hydrogens (tertiary/aromatic N) is 4. The highest BCUT2D eigenvalue weighted by Gasteiger charge is 2.13. The van der Waals surface area contributed by atoms with Crippen LogP contribution in [0.3, 0.4) is 0 Å². The van der Waals surface area contributed by atoms with Gasteiger partial charge in [0.2, 0.25) is 0 Å². The summed E-state index contributed by atoms with van der Waals surface area (Å²) in [6.45, 7) is 0.925. The lowest BCUT2D eigenvalue weighted by atomic mass is 10.2. The Labute approximate surface area is 155 Å². The molecule has 1 N–H and O–H groups in total. The molecule has 134 valence electrons. The molecule has 0 unspecified atom stereocenters. The molecule has 1 aliphatic rings. The van der Waals surface area contributed by atoms with Crippen molar-refractivity contribution in [3.63, 3.8) is 0 Å². The molecule has 6 nitrogen and oxygen atoms in total. The third kappa shape index (κ3) is 3.69. The Balaban J connectivity index is 1.98. The zero-order chi connectivity index (χ0) is 18.5. The summed E-state index contributed by atoms with van der Waals surface area (Å²) >= 11 is 0. The normalized spacial score (nSPS) is 14.2. The van der Waals surface area contributed by atoms with Crippen molar-refractivity contribution in [1.29, 1.82) is 0 Å². The van der Waals surface area contributed by atoms with Crippen molar-refractivity contribution in [3.05, 3.63) is 65.5 Å². The van der Waals surface area contributed by atoms with Gasteiger partial charge in [-0.15, -0.1) is 0 Å². The molecule has 0 atom stereocenters. The molecule has 2 heterocycles. The molecule has 2 bridgehead atoms. The van der Waals surface area contributed by atoms with Crippen LogP contribution in [0.2, 0.25) is 0 Å². The molecular formula is C21H18N4O2. The predicted molar refractivity (Wildman–Crippen MR) is 105 cm³/mol. The number of hydrogen-bond donors (Lipinski definition) is 1. The second-order valence-corrected chi connectivity index (χ2v) is 5.94. The molecular weight excluding hydrogens is 340 g/mol. The van der Waals surface area contributed by atoms with Gasteiger partial charge in [-0.3, -0.25) is 4.99 Å². The average Bonchev–Trinajstić information content (AvgIpc) is 2.69. The maximum atomic E-state index is 10.7. The number of fused-ring (bicyclic) bond motifs is 2. The first kappa shape index (κ1) is 16.9. The van der Waals surface area contributed by atoms with Gasteiger partial charge in [0.1, 0.15) is 12.9 Å². The highest BCUT2D eigenvalue weighted by atomic mass is 16.5. The van der Waals surface area contributed by atoms with E-state index < -0.39 is 0 Å². The second-order valence-electron chi connectivity index (χ2n) is 5.94. The van der Waals surface area contributed by atoms with Crippen molar-refractivity contribution in [3.8, 4) is 11.5 Å². The number of aromatic hydroxyl groups is 1. The highest BCUT2D eigenvalue weighted by Crippen LogP contribution is 2.37. The minimum atomic E-state index is -0.00757. The summed E-state index contributed by atoms with van der Waals surface area (Å²) in [7, 11) is 0. The molecule has 0 amide bonds. The molecule has 1 aromatic heterocycles. The summed E-state index contributed by atoms with van der Waals surface area (Å²) < 4.78 is 5.68. The summed E-state index contributed by atoms with van der Waals surface area (Å²) in [5, 5.41) is 12.9. The lowest BCUT2D eigenvalue weighted by Crippen LogP contribution is -2.23. The van der Waals surface area contributed by atoms with Crippen molar-refractivity contribution in [1.82, 2.24) is 9.97 Å². The van der Waals surface area contributed by atoms with Gasteiger partial charge < -0.3 is 9.84 Å². The van der Waals surface area contributed by atoms with Crippen LogP contribution in [0.15, 0.2) is 64.9 Å². The van der Waals surface area contributed by atoms with E-state index in [-0.39, 0.29) is 5.75 Å². The Bertz CT molecular complexity index is 1150. The van der Waals surface area contributed by atoms with Crippen LogP contribution in [-0.4, -0.2) is 34.4 Å². The summed E-state index contributed by atoms with van der Waals surface area (Å²) in [6.07, 6.45) is 9.90. The average molecular weight is 358 g/mol. The Hall–Kier alpha value is -3.54. The van der Waals surface area contributed by atoms with E-state index in [9.17, 15) is 5.11 Å². The zero-order valence-electron chi connectivity index (χ0n) is 14.6. The number of benzene rings is 2. The Morgan fingerprint density at radius 2 is 1.93 bits per heavy atom. The quantitative estimate of drug-likeness (QED) is 0.626. The van der Waals surface area contributed by atoms with Crippen LogP contribution in [0.5, 0.6) is 11.5 Å². The Morgan fingerprint density at radius 1 is 1.00 bits per heavy atom. The maximum Gasteiger partial charge on any atom is 0.171 e. The van der Waals surface area contributed by atoms with Crippen molar-refractivity contribution in [2.75, 3.05) is 13.2 Å². The first-order valence-electron chi connectivity index (χ1n) is 8.69. The summed E-state index contributed by atoms with van der Waals surface area (Å²) in [5.74, 6) is 0.765. The molecule has 1 aliphatic heterocycles. The Morgan fingerprint density at radius 3 is 2.89 bits per heavy atom. The van der Waals surface area contributed by atoms with Gasteiger partial charge in [-0.1, -0.05) is 30.4 Å². The fraction of sp³-hybridized carbons (Fsp3) is 0.143. The predicted octanol–water partition coefficient (Wildman–Crippen LogP) is 2.48. The van der Waals surface area contributed by atoms with Crippen LogP contribution in [0.4, 0.5) is 5.82 Å². The number of rotatable bonds is 0. The van der Waals surface area contributed by atoms with Gasteiger partial charge >= 0.3 is 0 Å². The number of para-hydroxylation sites is 1. The molecule has 27 heavy (non-hydrogen) atoms. The van der Waals surface area contributed by atoms with E-state index in [0.717, 1.165) is 10.6 Å². The largest absolute Gasteiger partial charge is 0.504 e. The van der Waals surface area contributed by atoms with Crippen molar-refractivity contribution >= 4 is 29.0 Å². The van der Waals surface area contributed by atoms with Crippen molar-refractivity contribution in [2.24, 2.45) is 9.98 Å².